The van der Waals surface area contributed by atoms with Crippen molar-refractivity contribution in [2.45, 2.75) is 26.7 Å². The molecule has 1 aliphatic heterocycles. The third kappa shape index (κ3) is 3.40. The molecule has 3 heterocycles. The zero-order valence-electron chi connectivity index (χ0n) is 14.5. The summed E-state index contributed by atoms with van der Waals surface area (Å²) in [5, 5.41) is 0.814. The van der Waals surface area contributed by atoms with E-state index in [0.717, 1.165) is 16.8 Å². The molecular weight excluding hydrogens is 320 g/mol. The molecule has 0 spiro atoms. The van der Waals surface area contributed by atoms with Gasteiger partial charge in [0.15, 0.2) is 5.65 Å². The molecule has 0 aromatic carbocycles. The lowest BCUT2D eigenvalue weighted by Crippen LogP contribution is -2.39. The van der Waals surface area contributed by atoms with Gasteiger partial charge in [0.1, 0.15) is 5.56 Å². The van der Waals surface area contributed by atoms with Gasteiger partial charge < -0.3 is 15.4 Å². The molecule has 1 amide bonds. The van der Waals surface area contributed by atoms with Gasteiger partial charge in [-0.3, -0.25) is 4.79 Å². The third-order valence-electron chi connectivity index (χ3n) is 4.55. The molecule has 25 heavy (non-hydrogen) atoms. The Morgan fingerprint density at radius 3 is 2.68 bits per heavy atom. The van der Waals surface area contributed by atoms with E-state index in [9.17, 15) is 9.59 Å². The Bertz CT molecular complexity index is 813. The minimum Gasteiger partial charge on any atom is -0.462 e. The lowest BCUT2D eigenvalue weighted by molar-refractivity contribution is -0.122. The van der Waals surface area contributed by atoms with Crippen molar-refractivity contribution in [3.63, 3.8) is 0 Å². The van der Waals surface area contributed by atoms with Gasteiger partial charge in [0, 0.05) is 36.3 Å². The van der Waals surface area contributed by atoms with Crippen molar-refractivity contribution in [2.24, 2.45) is 11.7 Å². The van der Waals surface area contributed by atoms with Crippen molar-refractivity contribution in [1.29, 1.82) is 0 Å². The highest BCUT2D eigenvalue weighted by molar-refractivity contribution is 6.04. The summed E-state index contributed by atoms with van der Waals surface area (Å²) >= 11 is 0. The SMILES string of the molecule is CCOC(=O)c1cnc2nc(C)ccc2c1N1CCC(C(N)=O)CC1. The van der Waals surface area contributed by atoms with E-state index in [4.69, 9.17) is 10.5 Å². The smallest absolute Gasteiger partial charge is 0.341 e. The molecule has 0 bridgehead atoms. The maximum Gasteiger partial charge on any atom is 0.341 e. The topological polar surface area (TPSA) is 98.4 Å². The van der Waals surface area contributed by atoms with Crippen LogP contribution in [-0.2, 0) is 9.53 Å². The third-order valence-corrected chi connectivity index (χ3v) is 4.55. The van der Waals surface area contributed by atoms with Crippen LogP contribution < -0.4 is 10.6 Å². The van der Waals surface area contributed by atoms with Crippen LogP contribution in [0.4, 0.5) is 5.69 Å². The molecule has 1 saturated heterocycles. The number of pyridine rings is 2. The van der Waals surface area contributed by atoms with Crippen molar-refractivity contribution in [2.75, 3.05) is 24.6 Å². The Morgan fingerprint density at radius 2 is 2.04 bits per heavy atom. The van der Waals surface area contributed by atoms with Gasteiger partial charge in [-0.2, -0.15) is 0 Å². The van der Waals surface area contributed by atoms with E-state index in [0.29, 0.717) is 43.7 Å². The number of anilines is 1. The number of ether oxygens (including phenoxy) is 1. The largest absolute Gasteiger partial charge is 0.462 e. The van der Waals surface area contributed by atoms with Gasteiger partial charge in [-0.15, -0.1) is 0 Å². The highest BCUT2D eigenvalue weighted by atomic mass is 16.5. The minimum atomic E-state index is -0.399. The van der Waals surface area contributed by atoms with Crippen LogP contribution in [-0.4, -0.2) is 41.5 Å². The molecule has 2 aromatic rings. The van der Waals surface area contributed by atoms with Gasteiger partial charge in [-0.05, 0) is 38.8 Å². The predicted octanol–water partition coefficient (Wildman–Crippen LogP) is 1.82. The summed E-state index contributed by atoms with van der Waals surface area (Å²) in [6, 6.07) is 3.83. The molecule has 0 radical (unpaired) electrons. The second-order valence-electron chi connectivity index (χ2n) is 6.23. The molecule has 7 nitrogen and oxygen atoms in total. The van der Waals surface area contributed by atoms with Crippen molar-refractivity contribution in [3.8, 4) is 0 Å². The van der Waals surface area contributed by atoms with Gasteiger partial charge in [0.05, 0.1) is 12.3 Å². The summed E-state index contributed by atoms with van der Waals surface area (Å²) in [6.07, 6.45) is 2.86. The van der Waals surface area contributed by atoms with Crippen LogP contribution in [0.15, 0.2) is 18.3 Å². The first-order valence-corrected chi connectivity index (χ1v) is 8.49. The Morgan fingerprint density at radius 1 is 1.32 bits per heavy atom. The summed E-state index contributed by atoms with van der Waals surface area (Å²) in [5.41, 5.74) is 8.09. The van der Waals surface area contributed by atoms with E-state index in [2.05, 4.69) is 14.9 Å². The molecule has 0 unspecified atom stereocenters. The number of esters is 1. The number of rotatable bonds is 4. The maximum absolute atomic E-state index is 12.4. The van der Waals surface area contributed by atoms with Gasteiger partial charge in [-0.25, -0.2) is 14.8 Å². The zero-order chi connectivity index (χ0) is 18.0. The minimum absolute atomic E-state index is 0.115. The number of nitrogens with zero attached hydrogens (tertiary/aromatic N) is 3. The van der Waals surface area contributed by atoms with Crippen LogP contribution in [0.2, 0.25) is 0 Å². The number of hydrogen-bond donors (Lipinski definition) is 1. The standard InChI is InChI=1S/C18H22N4O3/c1-3-25-18(24)14-10-20-17-13(5-4-11(2)21-17)15(14)22-8-6-12(7-9-22)16(19)23/h4-5,10,12H,3,6-9H2,1-2H3,(H2,19,23). The van der Waals surface area contributed by atoms with E-state index in [-0.39, 0.29) is 11.8 Å². The lowest BCUT2D eigenvalue weighted by Gasteiger charge is -2.33. The first-order chi connectivity index (χ1) is 12.0. The van der Waals surface area contributed by atoms with Crippen molar-refractivity contribution >= 4 is 28.6 Å². The molecule has 1 fully saturated rings. The van der Waals surface area contributed by atoms with Gasteiger partial charge >= 0.3 is 5.97 Å². The molecule has 7 heteroatoms. The van der Waals surface area contributed by atoms with Crippen LogP contribution in [0.3, 0.4) is 0 Å². The molecule has 1 aliphatic rings. The van der Waals surface area contributed by atoms with Crippen LogP contribution in [0.1, 0.15) is 35.8 Å². The fourth-order valence-corrected chi connectivity index (χ4v) is 3.24. The Labute approximate surface area is 146 Å². The monoisotopic (exact) mass is 342 g/mol. The fourth-order valence-electron chi connectivity index (χ4n) is 3.24. The molecule has 3 rings (SSSR count). The van der Waals surface area contributed by atoms with Crippen molar-refractivity contribution in [3.05, 3.63) is 29.6 Å². The first kappa shape index (κ1) is 17.1. The maximum atomic E-state index is 12.4. The Balaban J connectivity index is 2.05. The fraction of sp³-hybridized carbons (Fsp3) is 0.444. The number of aromatic nitrogens is 2. The second-order valence-corrected chi connectivity index (χ2v) is 6.23. The zero-order valence-corrected chi connectivity index (χ0v) is 14.5. The van der Waals surface area contributed by atoms with E-state index in [1.54, 1.807) is 6.92 Å². The lowest BCUT2D eigenvalue weighted by atomic mass is 9.95. The quantitative estimate of drug-likeness (QED) is 0.851. The number of piperidine rings is 1. The van der Waals surface area contributed by atoms with E-state index in [1.165, 1.54) is 6.20 Å². The number of carbonyl (C=O) groups is 2. The van der Waals surface area contributed by atoms with Crippen LogP contribution >= 0.6 is 0 Å². The van der Waals surface area contributed by atoms with E-state index in [1.807, 2.05) is 19.1 Å². The summed E-state index contributed by atoms with van der Waals surface area (Å²) in [5.74, 6) is -0.776. The number of hydrogen-bond acceptors (Lipinski definition) is 6. The number of carbonyl (C=O) groups excluding carboxylic acids is 2. The average molecular weight is 342 g/mol. The molecule has 0 saturated carbocycles. The highest BCUT2D eigenvalue weighted by Gasteiger charge is 2.28. The number of nitrogens with two attached hydrogens (primary N) is 1. The van der Waals surface area contributed by atoms with Crippen molar-refractivity contribution in [1.82, 2.24) is 9.97 Å². The molecule has 2 N–H and O–H groups in total. The van der Waals surface area contributed by atoms with Crippen LogP contribution in [0, 0.1) is 12.8 Å². The molecular formula is C18H22N4O3. The molecule has 0 atom stereocenters. The van der Waals surface area contributed by atoms with Crippen molar-refractivity contribution < 1.29 is 14.3 Å². The van der Waals surface area contributed by atoms with Gasteiger partial charge in [0.2, 0.25) is 5.91 Å². The first-order valence-electron chi connectivity index (χ1n) is 8.49. The summed E-state index contributed by atoms with van der Waals surface area (Å²) in [4.78, 5) is 34.7. The van der Waals surface area contributed by atoms with E-state index < -0.39 is 5.97 Å². The second kappa shape index (κ2) is 7.04. The number of fused-ring (bicyclic) bond motifs is 1. The summed E-state index contributed by atoms with van der Waals surface area (Å²) in [7, 11) is 0. The predicted molar refractivity (Wildman–Crippen MR) is 94.4 cm³/mol. The van der Waals surface area contributed by atoms with Crippen LogP contribution in [0.25, 0.3) is 11.0 Å². The van der Waals surface area contributed by atoms with Gasteiger partial charge in [0.25, 0.3) is 0 Å². The average Bonchev–Trinajstić information content (AvgIpc) is 2.60. The molecule has 2 aromatic heterocycles. The summed E-state index contributed by atoms with van der Waals surface area (Å²) in [6.45, 7) is 5.26. The highest BCUT2D eigenvalue weighted by Crippen LogP contribution is 2.32. The Kier molecular flexibility index (Phi) is 4.83. The number of aryl methyl sites for hydroxylation is 1. The summed E-state index contributed by atoms with van der Waals surface area (Å²) < 4.78 is 5.19. The number of amides is 1. The number of primary amides is 1. The van der Waals surface area contributed by atoms with Crippen LogP contribution in [0.5, 0.6) is 0 Å². The van der Waals surface area contributed by atoms with Gasteiger partial charge in [-0.1, -0.05) is 0 Å². The van der Waals surface area contributed by atoms with E-state index >= 15 is 0 Å². The molecule has 0 aliphatic carbocycles. The normalized spacial score (nSPS) is 15.4. The Hall–Kier alpha value is -2.70. The molecule has 132 valence electrons.